The summed E-state index contributed by atoms with van der Waals surface area (Å²) in [7, 11) is 0. The Labute approximate surface area is 165 Å². The van der Waals surface area contributed by atoms with E-state index in [1.54, 1.807) is 17.0 Å². The first-order valence-corrected chi connectivity index (χ1v) is 9.90. The number of nitrogens with zero attached hydrogens (tertiary/aromatic N) is 2. The summed E-state index contributed by atoms with van der Waals surface area (Å²) in [4.78, 5) is 39.6. The maximum Gasteiger partial charge on any atom is 0.308 e. The summed E-state index contributed by atoms with van der Waals surface area (Å²) in [6, 6.07) is 3.51. The molecule has 1 N–H and O–H groups in total. The zero-order valence-electron chi connectivity index (χ0n) is 16.6. The third-order valence-corrected chi connectivity index (χ3v) is 5.58. The highest BCUT2D eigenvalue weighted by molar-refractivity contribution is 5.95. The smallest absolute Gasteiger partial charge is 0.308 e. The van der Waals surface area contributed by atoms with Gasteiger partial charge in [0, 0.05) is 31.7 Å². The Morgan fingerprint density at radius 1 is 1.04 bits per heavy atom. The molecule has 0 aromatic heterocycles. The average molecular weight is 388 g/mol. The van der Waals surface area contributed by atoms with Crippen LogP contribution in [-0.2, 0) is 9.59 Å². The lowest BCUT2D eigenvalue weighted by molar-refractivity contribution is -0.141. The van der Waals surface area contributed by atoms with Gasteiger partial charge in [0.15, 0.2) is 6.61 Å². The predicted molar refractivity (Wildman–Crippen MR) is 103 cm³/mol. The number of rotatable bonds is 5. The van der Waals surface area contributed by atoms with Crippen molar-refractivity contribution in [3.05, 3.63) is 28.8 Å². The number of aliphatic carboxylic acids is 1. The van der Waals surface area contributed by atoms with E-state index >= 15 is 0 Å². The number of likely N-dealkylation sites (tertiary alicyclic amines) is 2. The Morgan fingerprint density at radius 3 is 2.25 bits per heavy atom. The van der Waals surface area contributed by atoms with E-state index in [1.807, 2.05) is 18.7 Å². The molecule has 2 fully saturated rings. The van der Waals surface area contributed by atoms with E-state index in [9.17, 15) is 14.4 Å². The van der Waals surface area contributed by atoms with Crippen LogP contribution >= 0.6 is 0 Å². The van der Waals surface area contributed by atoms with Crippen molar-refractivity contribution in [2.75, 3.05) is 32.8 Å². The largest absolute Gasteiger partial charge is 0.483 e. The molecule has 3 rings (SSSR count). The van der Waals surface area contributed by atoms with Crippen LogP contribution in [0.15, 0.2) is 12.1 Å². The van der Waals surface area contributed by atoms with E-state index in [2.05, 4.69) is 0 Å². The van der Waals surface area contributed by atoms with Gasteiger partial charge in [-0.15, -0.1) is 0 Å². The number of aryl methyl sites for hydroxylation is 2. The van der Waals surface area contributed by atoms with E-state index in [4.69, 9.17) is 9.84 Å². The molecule has 2 aliphatic heterocycles. The summed E-state index contributed by atoms with van der Waals surface area (Å²) in [5, 5.41) is 9.12. The van der Waals surface area contributed by atoms with E-state index in [-0.39, 0.29) is 25.0 Å². The zero-order chi connectivity index (χ0) is 20.3. The topological polar surface area (TPSA) is 87.1 Å². The van der Waals surface area contributed by atoms with Crippen LogP contribution in [0.4, 0.5) is 0 Å². The van der Waals surface area contributed by atoms with E-state index in [0.29, 0.717) is 24.3 Å². The molecule has 28 heavy (non-hydrogen) atoms. The molecular formula is C21H28N2O5. The van der Waals surface area contributed by atoms with Crippen LogP contribution in [0.25, 0.3) is 0 Å². The lowest BCUT2D eigenvalue weighted by Crippen LogP contribution is -2.38. The van der Waals surface area contributed by atoms with Gasteiger partial charge in [-0.05, 0) is 62.8 Å². The number of amides is 2. The molecule has 1 atom stereocenters. The molecule has 0 saturated carbocycles. The van der Waals surface area contributed by atoms with Gasteiger partial charge in [0.25, 0.3) is 11.8 Å². The van der Waals surface area contributed by atoms with Gasteiger partial charge in [-0.1, -0.05) is 0 Å². The third kappa shape index (κ3) is 4.46. The number of carboxylic acid groups (broad SMARTS) is 1. The van der Waals surface area contributed by atoms with Crippen molar-refractivity contribution >= 4 is 17.8 Å². The van der Waals surface area contributed by atoms with Crippen LogP contribution < -0.4 is 4.74 Å². The van der Waals surface area contributed by atoms with Crippen LogP contribution in [0.2, 0.25) is 0 Å². The highest BCUT2D eigenvalue weighted by Crippen LogP contribution is 2.27. The van der Waals surface area contributed by atoms with Crippen molar-refractivity contribution in [1.82, 2.24) is 9.80 Å². The predicted octanol–water partition coefficient (Wildman–Crippen LogP) is 2.24. The average Bonchev–Trinajstić information content (AvgIpc) is 3.17. The second-order valence-electron chi connectivity index (χ2n) is 7.74. The minimum Gasteiger partial charge on any atom is -0.483 e. The number of hydrogen-bond donors (Lipinski definition) is 1. The van der Waals surface area contributed by atoms with Gasteiger partial charge >= 0.3 is 5.97 Å². The van der Waals surface area contributed by atoms with E-state index in [0.717, 1.165) is 37.1 Å². The van der Waals surface area contributed by atoms with Crippen LogP contribution in [0.5, 0.6) is 5.75 Å². The van der Waals surface area contributed by atoms with Crippen LogP contribution in [0.1, 0.15) is 47.2 Å². The van der Waals surface area contributed by atoms with E-state index in [1.165, 1.54) is 6.42 Å². The minimum absolute atomic E-state index is 0.00138. The standard InChI is InChI=1S/C21H28N2O5/c1-14-10-17(20(25)23-9-6-16(12-23)21(26)27)11-15(2)19(14)28-13-18(24)22-7-4-3-5-8-22/h10-11,16H,3-9,12-13H2,1-2H3,(H,26,27). The normalized spacial score (nSPS) is 19.6. The maximum absolute atomic E-state index is 12.7. The van der Waals surface area contributed by atoms with Crippen molar-refractivity contribution in [1.29, 1.82) is 0 Å². The molecular weight excluding hydrogens is 360 g/mol. The highest BCUT2D eigenvalue weighted by Gasteiger charge is 2.31. The lowest BCUT2D eigenvalue weighted by Gasteiger charge is -2.27. The third-order valence-electron chi connectivity index (χ3n) is 5.58. The molecule has 0 radical (unpaired) electrons. The van der Waals surface area contributed by atoms with Gasteiger partial charge < -0.3 is 19.6 Å². The zero-order valence-corrected chi connectivity index (χ0v) is 16.6. The number of benzene rings is 1. The molecule has 0 spiro atoms. The fraction of sp³-hybridized carbons (Fsp3) is 0.571. The Balaban J connectivity index is 1.64. The number of carboxylic acids is 1. The molecule has 1 aromatic carbocycles. The molecule has 0 bridgehead atoms. The first-order valence-electron chi connectivity index (χ1n) is 9.90. The monoisotopic (exact) mass is 388 g/mol. The molecule has 2 heterocycles. The van der Waals surface area contributed by atoms with Gasteiger partial charge in [-0.25, -0.2) is 0 Å². The van der Waals surface area contributed by atoms with Crippen molar-refractivity contribution in [3.63, 3.8) is 0 Å². The highest BCUT2D eigenvalue weighted by atomic mass is 16.5. The van der Waals surface area contributed by atoms with Crippen molar-refractivity contribution in [2.45, 2.75) is 39.5 Å². The minimum atomic E-state index is -0.857. The fourth-order valence-corrected chi connectivity index (χ4v) is 4.00. The molecule has 7 nitrogen and oxygen atoms in total. The van der Waals surface area contributed by atoms with Crippen LogP contribution in [-0.4, -0.2) is 65.5 Å². The van der Waals surface area contributed by atoms with Crippen molar-refractivity contribution in [3.8, 4) is 5.75 Å². The summed E-state index contributed by atoms with van der Waals surface area (Å²) in [6.45, 7) is 6.00. The van der Waals surface area contributed by atoms with Crippen LogP contribution in [0, 0.1) is 19.8 Å². The molecule has 0 aliphatic carbocycles. The Morgan fingerprint density at radius 2 is 1.68 bits per heavy atom. The SMILES string of the molecule is Cc1cc(C(=O)N2CCC(C(=O)O)C2)cc(C)c1OCC(=O)N1CCCCC1. The summed E-state index contributed by atoms with van der Waals surface area (Å²) in [5.74, 6) is -0.882. The molecule has 7 heteroatoms. The number of piperidine rings is 1. The van der Waals surface area contributed by atoms with Gasteiger partial charge in [-0.3, -0.25) is 14.4 Å². The number of ether oxygens (including phenoxy) is 1. The van der Waals surface area contributed by atoms with E-state index < -0.39 is 11.9 Å². The molecule has 2 aliphatic rings. The fourth-order valence-electron chi connectivity index (χ4n) is 4.00. The Bertz CT molecular complexity index is 747. The molecule has 152 valence electrons. The Hall–Kier alpha value is -2.57. The second-order valence-corrected chi connectivity index (χ2v) is 7.74. The quantitative estimate of drug-likeness (QED) is 0.836. The lowest BCUT2D eigenvalue weighted by atomic mass is 10.0. The first kappa shape index (κ1) is 20.2. The number of carbonyl (C=O) groups is 3. The van der Waals surface area contributed by atoms with Gasteiger partial charge in [0.1, 0.15) is 5.75 Å². The second kappa shape index (κ2) is 8.63. The summed E-state index contributed by atoms with van der Waals surface area (Å²) in [5.41, 5.74) is 2.11. The summed E-state index contributed by atoms with van der Waals surface area (Å²) < 4.78 is 5.80. The molecule has 2 saturated heterocycles. The number of carbonyl (C=O) groups excluding carboxylic acids is 2. The van der Waals surface area contributed by atoms with Gasteiger partial charge in [0.2, 0.25) is 0 Å². The van der Waals surface area contributed by atoms with Crippen LogP contribution in [0.3, 0.4) is 0 Å². The van der Waals surface area contributed by atoms with Crippen molar-refractivity contribution < 1.29 is 24.2 Å². The summed E-state index contributed by atoms with van der Waals surface area (Å²) in [6.07, 6.45) is 3.74. The molecule has 1 aromatic rings. The maximum atomic E-state index is 12.7. The van der Waals surface area contributed by atoms with Gasteiger partial charge in [0.05, 0.1) is 5.92 Å². The summed E-state index contributed by atoms with van der Waals surface area (Å²) >= 11 is 0. The first-order chi connectivity index (χ1) is 13.4. The molecule has 2 amide bonds. The molecule has 1 unspecified atom stereocenters. The van der Waals surface area contributed by atoms with Gasteiger partial charge in [-0.2, -0.15) is 0 Å². The Kier molecular flexibility index (Phi) is 6.21. The number of hydrogen-bond acceptors (Lipinski definition) is 4. The van der Waals surface area contributed by atoms with Crippen molar-refractivity contribution in [2.24, 2.45) is 5.92 Å².